The fraction of sp³-hybridized carbons (Fsp3) is 0.364. The summed E-state index contributed by atoms with van der Waals surface area (Å²) in [6.45, 7) is 7.85. The van der Waals surface area contributed by atoms with Gasteiger partial charge in [0.05, 0.1) is 0 Å². The highest BCUT2D eigenvalue weighted by atomic mass is 32.1. The lowest BCUT2D eigenvalue weighted by Crippen LogP contribution is -2.48. The van der Waals surface area contributed by atoms with Crippen LogP contribution >= 0.6 is 12.2 Å². The van der Waals surface area contributed by atoms with Gasteiger partial charge in [0.25, 0.3) is 5.91 Å². The molecule has 1 unspecified atom stereocenters. The first-order valence-electron chi connectivity index (χ1n) is 9.51. The second-order valence-electron chi connectivity index (χ2n) is 7.07. The average Bonchev–Trinajstić information content (AvgIpc) is 3.11. The van der Waals surface area contributed by atoms with Crippen LogP contribution in [-0.4, -0.2) is 46.5 Å². The van der Waals surface area contributed by atoms with Crippen LogP contribution in [0.4, 0.5) is 0 Å². The van der Waals surface area contributed by atoms with Crippen molar-refractivity contribution in [1.82, 2.24) is 15.1 Å². The van der Waals surface area contributed by atoms with Gasteiger partial charge in [-0.05, 0) is 50.2 Å². The van der Waals surface area contributed by atoms with Crippen molar-refractivity contribution in [3.05, 3.63) is 71.3 Å². The quantitative estimate of drug-likeness (QED) is 0.803. The molecular weight excluding hydrogens is 354 g/mol. The van der Waals surface area contributed by atoms with E-state index in [0.29, 0.717) is 16.7 Å². The highest BCUT2D eigenvalue weighted by Gasteiger charge is 2.29. The molecule has 1 fully saturated rings. The number of nitrogens with one attached hydrogen (secondary N) is 1. The van der Waals surface area contributed by atoms with Crippen molar-refractivity contribution in [3.63, 3.8) is 0 Å². The molecule has 1 aliphatic heterocycles. The van der Waals surface area contributed by atoms with Gasteiger partial charge in [0, 0.05) is 37.8 Å². The van der Waals surface area contributed by atoms with E-state index in [1.54, 1.807) is 0 Å². The van der Waals surface area contributed by atoms with Gasteiger partial charge >= 0.3 is 0 Å². The summed E-state index contributed by atoms with van der Waals surface area (Å²) < 4.78 is 0. The van der Waals surface area contributed by atoms with Crippen LogP contribution in [0.15, 0.2) is 54.6 Å². The minimum Gasteiger partial charge on any atom is -0.345 e. The van der Waals surface area contributed by atoms with Crippen molar-refractivity contribution in [2.75, 3.05) is 19.6 Å². The van der Waals surface area contributed by atoms with Crippen molar-refractivity contribution in [3.8, 4) is 0 Å². The predicted octanol–water partition coefficient (Wildman–Crippen LogP) is 3.61. The lowest BCUT2D eigenvalue weighted by atomic mass is 10.1. The number of carbonyl (C=O) groups excluding carboxylic acids is 1. The zero-order chi connectivity index (χ0) is 19.2. The molecular formula is C22H27N3OS. The normalized spacial score (nSPS) is 16.9. The van der Waals surface area contributed by atoms with Gasteiger partial charge in [-0.2, -0.15) is 0 Å². The molecule has 1 aliphatic rings. The Kier molecular flexibility index (Phi) is 6.58. The summed E-state index contributed by atoms with van der Waals surface area (Å²) in [4.78, 5) is 17.1. The van der Waals surface area contributed by atoms with Gasteiger partial charge in [-0.1, -0.05) is 48.0 Å². The lowest BCUT2D eigenvalue weighted by molar-refractivity contribution is 0.0972. The second-order valence-corrected chi connectivity index (χ2v) is 7.46. The molecule has 0 spiro atoms. The number of thiocarbonyl (C=S) groups is 1. The molecule has 0 bridgehead atoms. The number of likely N-dealkylation sites (N-methyl/N-ethyl adjacent to an activating group) is 1. The van der Waals surface area contributed by atoms with Gasteiger partial charge in [0.2, 0.25) is 0 Å². The Balaban J connectivity index is 1.57. The van der Waals surface area contributed by atoms with E-state index in [1.165, 1.54) is 5.56 Å². The van der Waals surface area contributed by atoms with E-state index in [1.807, 2.05) is 37.3 Å². The summed E-state index contributed by atoms with van der Waals surface area (Å²) >= 11 is 5.56. The third-order valence-electron chi connectivity index (χ3n) is 5.07. The Morgan fingerprint density at radius 2 is 1.89 bits per heavy atom. The second kappa shape index (κ2) is 9.11. The fourth-order valence-corrected chi connectivity index (χ4v) is 3.94. The van der Waals surface area contributed by atoms with E-state index >= 15 is 0 Å². The van der Waals surface area contributed by atoms with Crippen LogP contribution in [0.3, 0.4) is 0 Å². The topological polar surface area (TPSA) is 35.6 Å². The zero-order valence-electron chi connectivity index (χ0n) is 16.0. The smallest absolute Gasteiger partial charge is 0.257 e. The predicted molar refractivity (Wildman–Crippen MR) is 114 cm³/mol. The monoisotopic (exact) mass is 381 g/mol. The first-order valence-corrected chi connectivity index (χ1v) is 9.92. The molecule has 1 N–H and O–H groups in total. The Morgan fingerprint density at radius 3 is 2.56 bits per heavy atom. The maximum absolute atomic E-state index is 12.5. The molecule has 5 heteroatoms. The maximum Gasteiger partial charge on any atom is 0.257 e. The van der Waals surface area contributed by atoms with Crippen LogP contribution in [0.25, 0.3) is 0 Å². The number of hydrogen-bond donors (Lipinski definition) is 1. The summed E-state index contributed by atoms with van der Waals surface area (Å²) in [7, 11) is 0. The number of nitrogens with zero attached hydrogens (tertiary/aromatic N) is 2. The molecule has 3 rings (SSSR count). The highest BCUT2D eigenvalue weighted by Crippen LogP contribution is 2.18. The van der Waals surface area contributed by atoms with Gasteiger partial charge in [0.1, 0.15) is 0 Å². The SMILES string of the molecule is CCN(C(=S)NC(=O)c1ccc(C)cc1)C1CCN(Cc2ccccc2)C1. The molecule has 142 valence electrons. The average molecular weight is 382 g/mol. The number of rotatable bonds is 5. The summed E-state index contributed by atoms with van der Waals surface area (Å²) in [6, 6.07) is 18.4. The van der Waals surface area contributed by atoms with E-state index in [4.69, 9.17) is 12.2 Å². The molecule has 1 amide bonds. The van der Waals surface area contributed by atoms with Gasteiger partial charge in [-0.15, -0.1) is 0 Å². The molecule has 27 heavy (non-hydrogen) atoms. The molecule has 1 heterocycles. The van der Waals surface area contributed by atoms with Crippen LogP contribution in [0.1, 0.15) is 34.8 Å². The van der Waals surface area contributed by atoms with Crippen LogP contribution < -0.4 is 5.32 Å². The summed E-state index contributed by atoms with van der Waals surface area (Å²) in [5.41, 5.74) is 3.10. The van der Waals surface area contributed by atoms with Crippen molar-refractivity contribution in [2.24, 2.45) is 0 Å². The molecule has 1 atom stereocenters. The van der Waals surface area contributed by atoms with E-state index in [-0.39, 0.29) is 5.91 Å². The molecule has 0 radical (unpaired) electrons. The number of amides is 1. The maximum atomic E-state index is 12.5. The largest absolute Gasteiger partial charge is 0.345 e. The standard InChI is InChI=1S/C22H27N3OS/c1-3-25(22(27)23-21(26)19-11-9-17(2)10-12-19)20-13-14-24(16-20)15-18-7-5-4-6-8-18/h4-12,20H,3,13-16H2,1-2H3,(H,23,26,27). The van der Waals surface area contributed by atoms with Gasteiger partial charge in [0.15, 0.2) is 5.11 Å². The Hall–Kier alpha value is -2.24. The van der Waals surface area contributed by atoms with E-state index in [0.717, 1.165) is 38.2 Å². The Labute approximate surface area is 167 Å². The molecule has 0 aliphatic carbocycles. The molecule has 4 nitrogen and oxygen atoms in total. The van der Waals surface area contributed by atoms with Crippen LogP contribution in [-0.2, 0) is 6.54 Å². The number of carbonyl (C=O) groups is 1. The van der Waals surface area contributed by atoms with Gasteiger partial charge in [-0.25, -0.2) is 0 Å². The number of aryl methyl sites for hydroxylation is 1. The highest BCUT2D eigenvalue weighted by molar-refractivity contribution is 7.80. The first-order chi connectivity index (χ1) is 13.1. The molecule has 1 saturated heterocycles. The number of benzene rings is 2. The minimum atomic E-state index is -0.141. The molecule has 2 aromatic carbocycles. The molecule has 0 aromatic heterocycles. The van der Waals surface area contributed by atoms with Crippen LogP contribution in [0.5, 0.6) is 0 Å². The van der Waals surface area contributed by atoms with E-state index in [2.05, 4.69) is 46.3 Å². The van der Waals surface area contributed by atoms with Crippen LogP contribution in [0, 0.1) is 6.92 Å². The van der Waals surface area contributed by atoms with Crippen molar-refractivity contribution >= 4 is 23.2 Å². The lowest BCUT2D eigenvalue weighted by Gasteiger charge is -2.30. The fourth-order valence-electron chi connectivity index (χ4n) is 3.57. The van der Waals surface area contributed by atoms with Gasteiger partial charge < -0.3 is 4.90 Å². The van der Waals surface area contributed by atoms with Crippen molar-refractivity contribution in [2.45, 2.75) is 32.9 Å². The van der Waals surface area contributed by atoms with E-state index in [9.17, 15) is 4.79 Å². The van der Waals surface area contributed by atoms with Gasteiger partial charge in [-0.3, -0.25) is 15.0 Å². The Bertz CT molecular complexity index is 776. The zero-order valence-corrected chi connectivity index (χ0v) is 16.8. The van der Waals surface area contributed by atoms with E-state index < -0.39 is 0 Å². The van der Waals surface area contributed by atoms with Crippen LogP contribution in [0.2, 0.25) is 0 Å². The third-order valence-corrected chi connectivity index (χ3v) is 5.41. The van der Waals surface area contributed by atoms with Crippen molar-refractivity contribution in [1.29, 1.82) is 0 Å². The molecule has 2 aromatic rings. The van der Waals surface area contributed by atoms with Crippen molar-refractivity contribution < 1.29 is 4.79 Å². The number of hydrogen-bond acceptors (Lipinski definition) is 3. The summed E-state index contributed by atoms with van der Waals surface area (Å²) in [5, 5.41) is 3.43. The Morgan fingerprint density at radius 1 is 1.19 bits per heavy atom. The molecule has 0 saturated carbocycles. The summed E-state index contributed by atoms with van der Waals surface area (Å²) in [5.74, 6) is -0.141. The summed E-state index contributed by atoms with van der Waals surface area (Å²) in [6.07, 6.45) is 1.06. The minimum absolute atomic E-state index is 0.141. The number of likely N-dealkylation sites (tertiary alicyclic amines) is 1. The first kappa shape index (κ1) is 19.5. The third kappa shape index (κ3) is 5.15.